The van der Waals surface area contributed by atoms with Crippen LogP contribution in [-0.2, 0) is 6.42 Å². The Balaban J connectivity index is 1.79. The van der Waals surface area contributed by atoms with E-state index in [0.29, 0.717) is 6.04 Å². The zero-order valence-electron chi connectivity index (χ0n) is 15.2. The lowest BCUT2D eigenvalue weighted by Gasteiger charge is -2.27. The maximum Gasteiger partial charge on any atom is 0.0515 e. The average molecular weight is 313 g/mol. The number of nitrogens with zero attached hydrogens (tertiary/aromatic N) is 2. The normalized spacial score (nSPS) is 16.6. The Morgan fingerprint density at radius 1 is 1.13 bits per heavy atom. The predicted octanol–water partition coefficient (Wildman–Crippen LogP) is 3.68. The Labute approximate surface area is 140 Å². The van der Waals surface area contributed by atoms with Crippen LogP contribution in [0.2, 0.25) is 0 Å². The SMILES string of the molecule is Cc1cc(C)c2c(c1)c(CCCN1CCNCC1)cn2C(C)C. The molecule has 0 spiro atoms. The first-order valence-electron chi connectivity index (χ1n) is 9.10. The molecular formula is C20H31N3. The van der Waals surface area contributed by atoms with Gasteiger partial charge in [0.05, 0.1) is 5.52 Å². The molecule has 1 aromatic heterocycles. The van der Waals surface area contributed by atoms with E-state index in [0.717, 1.165) is 13.1 Å². The summed E-state index contributed by atoms with van der Waals surface area (Å²) in [5, 5.41) is 4.90. The number of benzene rings is 1. The van der Waals surface area contributed by atoms with Crippen molar-refractivity contribution >= 4 is 10.9 Å². The van der Waals surface area contributed by atoms with Gasteiger partial charge in [-0.1, -0.05) is 11.6 Å². The number of rotatable bonds is 5. The van der Waals surface area contributed by atoms with Crippen LogP contribution in [0.25, 0.3) is 10.9 Å². The van der Waals surface area contributed by atoms with Crippen molar-refractivity contribution in [2.75, 3.05) is 32.7 Å². The second-order valence-electron chi connectivity index (χ2n) is 7.33. The van der Waals surface area contributed by atoms with Gasteiger partial charge in [0, 0.05) is 43.8 Å². The highest BCUT2D eigenvalue weighted by Crippen LogP contribution is 2.29. The molecule has 2 aromatic rings. The maximum absolute atomic E-state index is 3.43. The fraction of sp³-hybridized carbons (Fsp3) is 0.600. The Kier molecular flexibility index (Phi) is 5.08. The lowest BCUT2D eigenvalue weighted by molar-refractivity contribution is 0.238. The topological polar surface area (TPSA) is 20.2 Å². The van der Waals surface area contributed by atoms with Crippen molar-refractivity contribution < 1.29 is 0 Å². The van der Waals surface area contributed by atoms with E-state index >= 15 is 0 Å². The number of nitrogens with one attached hydrogen (secondary N) is 1. The van der Waals surface area contributed by atoms with Gasteiger partial charge in [-0.3, -0.25) is 0 Å². The molecule has 1 N–H and O–H groups in total. The minimum atomic E-state index is 0.515. The summed E-state index contributed by atoms with van der Waals surface area (Å²) in [7, 11) is 0. The summed E-state index contributed by atoms with van der Waals surface area (Å²) in [6.45, 7) is 14.9. The molecule has 1 aliphatic heterocycles. The van der Waals surface area contributed by atoms with E-state index in [1.165, 1.54) is 60.1 Å². The molecule has 1 aliphatic rings. The molecule has 1 saturated heterocycles. The molecule has 1 aromatic carbocycles. The molecule has 0 amide bonds. The largest absolute Gasteiger partial charge is 0.344 e. The van der Waals surface area contributed by atoms with Crippen molar-refractivity contribution in [3.05, 3.63) is 35.0 Å². The summed E-state index contributed by atoms with van der Waals surface area (Å²) in [6.07, 6.45) is 4.84. The van der Waals surface area contributed by atoms with Gasteiger partial charge in [-0.05, 0) is 64.3 Å². The third-order valence-corrected chi connectivity index (χ3v) is 5.03. The van der Waals surface area contributed by atoms with Crippen LogP contribution in [0.3, 0.4) is 0 Å². The molecular weight excluding hydrogens is 282 g/mol. The summed E-state index contributed by atoms with van der Waals surface area (Å²) in [6, 6.07) is 5.20. The summed E-state index contributed by atoms with van der Waals surface area (Å²) in [5.74, 6) is 0. The number of hydrogen-bond donors (Lipinski definition) is 1. The third kappa shape index (κ3) is 3.61. The summed E-state index contributed by atoms with van der Waals surface area (Å²) in [4.78, 5) is 2.59. The van der Waals surface area contributed by atoms with Crippen molar-refractivity contribution in [2.45, 2.75) is 46.6 Å². The minimum Gasteiger partial charge on any atom is -0.344 e. The molecule has 0 aliphatic carbocycles. The summed E-state index contributed by atoms with van der Waals surface area (Å²) >= 11 is 0. The van der Waals surface area contributed by atoms with Gasteiger partial charge in [0.25, 0.3) is 0 Å². The summed E-state index contributed by atoms with van der Waals surface area (Å²) < 4.78 is 2.46. The zero-order valence-corrected chi connectivity index (χ0v) is 15.2. The smallest absolute Gasteiger partial charge is 0.0515 e. The van der Waals surface area contributed by atoms with Crippen LogP contribution in [0.15, 0.2) is 18.3 Å². The molecule has 23 heavy (non-hydrogen) atoms. The lowest BCUT2D eigenvalue weighted by Crippen LogP contribution is -2.43. The van der Waals surface area contributed by atoms with Crippen molar-refractivity contribution in [3.63, 3.8) is 0 Å². The van der Waals surface area contributed by atoms with E-state index in [-0.39, 0.29) is 0 Å². The molecule has 3 nitrogen and oxygen atoms in total. The van der Waals surface area contributed by atoms with Gasteiger partial charge < -0.3 is 14.8 Å². The number of fused-ring (bicyclic) bond motifs is 1. The van der Waals surface area contributed by atoms with Gasteiger partial charge >= 0.3 is 0 Å². The van der Waals surface area contributed by atoms with E-state index in [1.54, 1.807) is 0 Å². The number of hydrogen-bond acceptors (Lipinski definition) is 2. The number of aromatic nitrogens is 1. The van der Waals surface area contributed by atoms with E-state index in [1.807, 2.05) is 0 Å². The van der Waals surface area contributed by atoms with Crippen LogP contribution in [0.5, 0.6) is 0 Å². The van der Waals surface area contributed by atoms with Crippen LogP contribution < -0.4 is 5.32 Å². The van der Waals surface area contributed by atoms with Crippen molar-refractivity contribution in [1.29, 1.82) is 0 Å². The van der Waals surface area contributed by atoms with E-state index in [2.05, 4.69) is 60.8 Å². The second kappa shape index (κ2) is 7.06. The first kappa shape index (κ1) is 16.5. The van der Waals surface area contributed by atoms with Crippen LogP contribution in [-0.4, -0.2) is 42.2 Å². The van der Waals surface area contributed by atoms with Crippen molar-refractivity contribution in [1.82, 2.24) is 14.8 Å². The number of aryl methyl sites for hydroxylation is 3. The van der Waals surface area contributed by atoms with E-state index in [4.69, 9.17) is 0 Å². The minimum absolute atomic E-state index is 0.515. The maximum atomic E-state index is 3.43. The van der Waals surface area contributed by atoms with Crippen LogP contribution in [0.1, 0.15) is 43.0 Å². The molecule has 0 atom stereocenters. The number of piperazine rings is 1. The average Bonchev–Trinajstić information content (AvgIpc) is 2.88. The molecule has 0 radical (unpaired) electrons. The monoisotopic (exact) mass is 313 g/mol. The van der Waals surface area contributed by atoms with Crippen LogP contribution in [0, 0.1) is 13.8 Å². The van der Waals surface area contributed by atoms with Gasteiger partial charge in [-0.15, -0.1) is 0 Å². The van der Waals surface area contributed by atoms with Crippen LogP contribution >= 0.6 is 0 Å². The highest BCUT2D eigenvalue weighted by Gasteiger charge is 2.14. The van der Waals surface area contributed by atoms with E-state index in [9.17, 15) is 0 Å². The Hall–Kier alpha value is -1.32. The van der Waals surface area contributed by atoms with Crippen molar-refractivity contribution in [3.8, 4) is 0 Å². The Bertz CT molecular complexity index is 663. The molecule has 3 rings (SSSR count). The highest BCUT2D eigenvalue weighted by atomic mass is 15.2. The molecule has 0 unspecified atom stereocenters. The van der Waals surface area contributed by atoms with Gasteiger partial charge in [-0.25, -0.2) is 0 Å². The van der Waals surface area contributed by atoms with Crippen LogP contribution in [0.4, 0.5) is 0 Å². The molecule has 0 bridgehead atoms. The Morgan fingerprint density at radius 2 is 1.87 bits per heavy atom. The van der Waals surface area contributed by atoms with E-state index < -0.39 is 0 Å². The Morgan fingerprint density at radius 3 is 2.57 bits per heavy atom. The zero-order chi connectivity index (χ0) is 16.4. The quantitative estimate of drug-likeness (QED) is 0.909. The fourth-order valence-corrected chi connectivity index (χ4v) is 3.88. The first-order chi connectivity index (χ1) is 11.1. The standard InChI is InChI=1S/C20H31N3/c1-15(2)23-14-18(6-5-9-22-10-7-21-8-11-22)19-13-16(3)12-17(4)20(19)23/h12-15,21H,5-11H2,1-4H3. The highest BCUT2D eigenvalue weighted by molar-refractivity contribution is 5.87. The fourth-order valence-electron chi connectivity index (χ4n) is 3.88. The molecule has 126 valence electrons. The van der Waals surface area contributed by atoms with Gasteiger partial charge in [0.2, 0.25) is 0 Å². The van der Waals surface area contributed by atoms with Gasteiger partial charge in [0.1, 0.15) is 0 Å². The summed E-state index contributed by atoms with van der Waals surface area (Å²) in [5.41, 5.74) is 5.74. The molecule has 3 heteroatoms. The first-order valence-corrected chi connectivity index (χ1v) is 9.10. The lowest BCUT2D eigenvalue weighted by atomic mass is 10.0. The second-order valence-corrected chi connectivity index (χ2v) is 7.33. The molecule has 2 heterocycles. The van der Waals surface area contributed by atoms with Gasteiger partial charge in [-0.2, -0.15) is 0 Å². The predicted molar refractivity (Wildman–Crippen MR) is 99.4 cm³/mol. The third-order valence-electron chi connectivity index (χ3n) is 5.03. The van der Waals surface area contributed by atoms with Gasteiger partial charge in [0.15, 0.2) is 0 Å². The van der Waals surface area contributed by atoms with Crippen molar-refractivity contribution in [2.24, 2.45) is 0 Å². The molecule has 0 saturated carbocycles. The molecule has 1 fully saturated rings.